The molecule has 3 nitrogen and oxygen atoms in total. The molecular formula is C12H25NO2. The summed E-state index contributed by atoms with van der Waals surface area (Å²) in [5.74, 6) is -0.245. The molecule has 3 heteroatoms. The standard InChI is InChI=1S/C12H25NO2/c1-4-6-7-8-9-11(10(3)14)12(15)13-5-2/h10-11,14H,4-9H2,1-3H3,(H,13,15). The molecule has 0 aromatic carbocycles. The van der Waals surface area contributed by atoms with Crippen molar-refractivity contribution in [3.63, 3.8) is 0 Å². The molecule has 0 aliphatic carbocycles. The highest BCUT2D eigenvalue weighted by atomic mass is 16.3. The summed E-state index contributed by atoms with van der Waals surface area (Å²) in [5.41, 5.74) is 0. The second-order valence-electron chi connectivity index (χ2n) is 4.09. The smallest absolute Gasteiger partial charge is 0.225 e. The Morgan fingerprint density at radius 1 is 1.27 bits per heavy atom. The fourth-order valence-corrected chi connectivity index (χ4v) is 1.69. The molecule has 2 unspecified atom stereocenters. The number of rotatable bonds is 8. The van der Waals surface area contributed by atoms with Gasteiger partial charge in [0.2, 0.25) is 5.91 Å². The zero-order valence-corrected chi connectivity index (χ0v) is 10.3. The molecule has 2 N–H and O–H groups in total. The molecule has 15 heavy (non-hydrogen) atoms. The van der Waals surface area contributed by atoms with E-state index >= 15 is 0 Å². The quantitative estimate of drug-likeness (QED) is 0.609. The van der Waals surface area contributed by atoms with Crippen molar-refractivity contribution < 1.29 is 9.90 Å². The van der Waals surface area contributed by atoms with Crippen molar-refractivity contribution >= 4 is 5.91 Å². The van der Waals surface area contributed by atoms with Crippen LogP contribution in [0.3, 0.4) is 0 Å². The first kappa shape index (κ1) is 14.4. The molecular weight excluding hydrogens is 190 g/mol. The number of unbranched alkanes of at least 4 members (excludes halogenated alkanes) is 3. The van der Waals surface area contributed by atoms with E-state index in [9.17, 15) is 9.90 Å². The third kappa shape index (κ3) is 6.50. The van der Waals surface area contributed by atoms with Gasteiger partial charge >= 0.3 is 0 Å². The summed E-state index contributed by atoms with van der Waals surface area (Å²) in [5, 5.41) is 12.3. The third-order valence-electron chi connectivity index (χ3n) is 2.64. The van der Waals surface area contributed by atoms with E-state index in [-0.39, 0.29) is 11.8 Å². The zero-order valence-electron chi connectivity index (χ0n) is 10.3. The number of aliphatic hydroxyl groups is 1. The highest BCUT2D eigenvalue weighted by Gasteiger charge is 2.22. The van der Waals surface area contributed by atoms with E-state index in [2.05, 4.69) is 12.2 Å². The van der Waals surface area contributed by atoms with Crippen molar-refractivity contribution in [1.29, 1.82) is 0 Å². The average Bonchev–Trinajstić information content (AvgIpc) is 2.17. The van der Waals surface area contributed by atoms with Gasteiger partial charge in [0.1, 0.15) is 0 Å². The van der Waals surface area contributed by atoms with Gasteiger partial charge < -0.3 is 10.4 Å². The number of amides is 1. The molecule has 0 fully saturated rings. The zero-order chi connectivity index (χ0) is 11.7. The highest BCUT2D eigenvalue weighted by molar-refractivity contribution is 5.79. The van der Waals surface area contributed by atoms with Gasteiger partial charge in [-0.1, -0.05) is 32.6 Å². The van der Waals surface area contributed by atoms with E-state index in [1.807, 2.05) is 6.92 Å². The molecule has 0 aromatic rings. The van der Waals surface area contributed by atoms with Gasteiger partial charge in [-0.3, -0.25) is 4.79 Å². The lowest BCUT2D eigenvalue weighted by molar-refractivity contribution is -0.128. The van der Waals surface area contributed by atoms with Crippen LogP contribution in [0.25, 0.3) is 0 Å². The van der Waals surface area contributed by atoms with Gasteiger partial charge in [0, 0.05) is 6.54 Å². The van der Waals surface area contributed by atoms with E-state index in [0.717, 1.165) is 19.3 Å². The molecule has 0 saturated carbocycles. The van der Waals surface area contributed by atoms with Crippen LogP contribution in [0.5, 0.6) is 0 Å². The summed E-state index contributed by atoms with van der Waals surface area (Å²) >= 11 is 0. The predicted octanol–water partition coefficient (Wildman–Crippen LogP) is 2.09. The number of carbonyl (C=O) groups excluding carboxylic acids is 1. The second-order valence-corrected chi connectivity index (χ2v) is 4.09. The van der Waals surface area contributed by atoms with Gasteiger partial charge in [-0.2, -0.15) is 0 Å². The van der Waals surface area contributed by atoms with Gasteiger partial charge in [0.15, 0.2) is 0 Å². The molecule has 0 radical (unpaired) electrons. The lowest BCUT2D eigenvalue weighted by Gasteiger charge is -2.18. The maximum absolute atomic E-state index is 11.6. The first-order valence-electron chi connectivity index (χ1n) is 6.09. The van der Waals surface area contributed by atoms with E-state index in [1.54, 1.807) is 6.92 Å². The van der Waals surface area contributed by atoms with Crippen LogP contribution in [-0.4, -0.2) is 23.7 Å². The van der Waals surface area contributed by atoms with Gasteiger partial charge in [-0.05, 0) is 20.3 Å². The first-order chi connectivity index (χ1) is 7.13. The van der Waals surface area contributed by atoms with Crippen molar-refractivity contribution in [2.24, 2.45) is 5.92 Å². The Kier molecular flexibility index (Phi) is 8.38. The summed E-state index contributed by atoms with van der Waals surface area (Å²) in [6.45, 7) is 6.39. The second kappa shape index (κ2) is 8.72. The number of hydrogen-bond donors (Lipinski definition) is 2. The molecule has 0 spiro atoms. The molecule has 1 amide bonds. The SMILES string of the molecule is CCCCCCC(C(=O)NCC)C(C)O. The highest BCUT2D eigenvalue weighted by Crippen LogP contribution is 2.14. The van der Waals surface area contributed by atoms with Crippen LogP contribution in [0.2, 0.25) is 0 Å². The summed E-state index contributed by atoms with van der Waals surface area (Å²) in [6, 6.07) is 0. The minimum absolute atomic E-state index is 0.0102. The Hall–Kier alpha value is -0.570. The number of nitrogens with one attached hydrogen (secondary N) is 1. The summed E-state index contributed by atoms with van der Waals surface area (Å²) in [4.78, 5) is 11.6. The van der Waals surface area contributed by atoms with Crippen molar-refractivity contribution in [1.82, 2.24) is 5.32 Å². The molecule has 0 heterocycles. The Morgan fingerprint density at radius 3 is 2.40 bits per heavy atom. The Morgan fingerprint density at radius 2 is 1.93 bits per heavy atom. The molecule has 0 saturated heterocycles. The average molecular weight is 215 g/mol. The largest absolute Gasteiger partial charge is 0.393 e. The van der Waals surface area contributed by atoms with Crippen LogP contribution in [-0.2, 0) is 4.79 Å². The normalized spacial score (nSPS) is 14.7. The molecule has 0 bridgehead atoms. The minimum atomic E-state index is -0.543. The van der Waals surface area contributed by atoms with Crippen LogP contribution in [0.15, 0.2) is 0 Å². The van der Waals surface area contributed by atoms with E-state index in [1.165, 1.54) is 12.8 Å². The minimum Gasteiger partial charge on any atom is -0.393 e. The summed E-state index contributed by atoms with van der Waals surface area (Å²) in [7, 11) is 0. The van der Waals surface area contributed by atoms with Crippen molar-refractivity contribution in [2.45, 2.75) is 59.0 Å². The molecule has 0 aliphatic rings. The maximum atomic E-state index is 11.6. The van der Waals surface area contributed by atoms with Crippen molar-refractivity contribution in [3.8, 4) is 0 Å². The Bertz CT molecular complexity index is 169. The summed E-state index contributed by atoms with van der Waals surface area (Å²) < 4.78 is 0. The van der Waals surface area contributed by atoms with Crippen LogP contribution >= 0.6 is 0 Å². The molecule has 0 rings (SSSR count). The fourth-order valence-electron chi connectivity index (χ4n) is 1.69. The Balaban J connectivity index is 3.88. The molecule has 2 atom stereocenters. The van der Waals surface area contributed by atoms with Crippen LogP contribution in [0.1, 0.15) is 52.9 Å². The van der Waals surface area contributed by atoms with Crippen LogP contribution < -0.4 is 5.32 Å². The Labute approximate surface area is 93.3 Å². The summed E-state index contributed by atoms with van der Waals surface area (Å²) in [6.07, 6.45) is 4.84. The van der Waals surface area contributed by atoms with E-state index in [4.69, 9.17) is 0 Å². The van der Waals surface area contributed by atoms with Crippen LogP contribution in [0.4, 0.5) is 0 Å². The third-order valence-corrected chi connectivity index (χ3v) is 2.64. The number of aliphatic hydroxyl groups excluding tert-OH is 1. The van der Waals surface area contributed by atoms with Crippen molar-refractivity contribution in [2.75, 3.05) is 6.54 Å². The maximum Gasteiger partial charge on any atom is 0.225 e. The van der Waals surface area contributed by atoms with Gasteiger partial charge in [-0.25, -0.2) is 0 Å². The predicted molar refractivity (Wildman–Crippen MR) is 62.6 cm³/mol. The lowest BCUT2D eigenvalue weighted by Crippen LogP contribution is -2.36. The van der Waals surface area contributed by atoms with E-state index < -0.39 is 6.10 Å². The van der Waals surface area contributed by atoms with Gasteiger partial charge in [0.25, 0.3) is 0 Å². The van der Waals surface area contributed by atoms with Gasteiger partial charge in [-0.15, -0.1) is 0 Å². The van der Waals surface area contributed by atoms with Gasteiger partial charge in [0.05, 0.1) is 12.0 Å². The molecule has 90 valence electrons. The fraction of sp³-hybridized carbons (Fsp3) is 0.917. The number of hydrogen-bond acceptors (Lipinski definition) is 2. The van der Waals surface area contributed by atoms with E-state index in [0.29, 0.717) is 6.54 Å². The molecule has 0 aliphatic heterocycles. The topological polar surface area (TPSA) is 49.3 Å². The van der Waals surface area contributed by atoms with Crippen molar-refractivity contribution in [3.05, 3.63) is 0 Å². The first-order valence-corrected chi connectivity index (χ1v) is 6.09. The lowest BCUT2D eigenvalue weighted by atomic mass is 9.95. The van der Waals surface area contributed by atoms with Crippen LogP contribution in [0, 0.1) is 5.92 Å². The molecule has 0 aromatic heterocycles. The monoisotopic (exact) mass is 215 g/mol. The number of carbonyl (C=O) groups is 1.